The molecule has 3 rings (SSSR count). The first-order chi connectivity index (χ1) is 11.9. The lowest BCUT2D eigenvalue weighted by atomic mass is 9.76. The number of benzene rings is 1. The predicted octanol–water partition coefficient (Wildman–Crippen LogP) is 4.98. The zero-order chi connectivity index (χ0) is 18.0. The summed E-state index contributed by atoms with van der Waals surface area (Å²) < 4.78 is 6.21. The lowest BCUT2D eigenvalue weighted by Crippen LogP contribution is -2.28. The van der Waals surface area contributed by atoms with Crippen molar-refractivity contribution in [1.29, 1.82) is 0 Å². The van der Waals surface area contributed by atoms with E-state index in [-0.39, 0.29) is 16.6 Å². The standard InChI is InChI=1S/C20H25NO3S/c1-13-9-15(11-16-18(22)21-19(23)25-16)10-14(2)17(13)24-12-20(3)7-5-4-6-8-20/h9-11H,4-8,12H2,1-3H3,(H,21,22,23)/b16-11-. The third-order valence-corrected chi connectivity index (χ3v) is 5.86. The maximum absolute atomic E-state index is 11.7. The molecule has 2 aliphatic rings. The van der Waals surface area contributed by atoms with Crippen LogP contribution in [0.25, 0.3) is 6.08 Å². The number of carbonyl (C=O) groups is 2. The summed E-state index contributed by atoms with van der Waals surface area (Å²) in [4.78, 5) is 23.4. The van der Waals surface area contributed by atoms with Gasteiger partial charge in [0.2, 0.25) is 0 Å². The van der Waals surface area contributed by atoms with E-state index < -0.39 is 0 Å². The van der Waals surface area contributed by atoms with Crippen LogP contribution in [0.3, 0.4) is 0 Å². The Morgan fingerprint density at radius 1 is 1.16 bits per heavy atom. The molecule has 0 bridgehead atoms. The van der Waals surface area contributed by atoms with E-state index in [1.807, 2.05) is 26.0 Å². The minimum Gasteiger partial charge on any atom is -0.492 e. The van der Waals surface area contributed by atoms with Gasteiger partial charge in [-0.15, -0.1) is 0 Å². The Balaban J connectivity index is 1.75. The molecule has 5 heteroatoms. The van der Waals surface area contributed by atoms with Gasteiger partial charge in [0.15, 0.2) is 0 Å². The molecule has 1 aliphatic carbocycles. The molecule has 4 nitrogen and oxygen atoms in total. The number of amides is 2. The quantitative estimate of drug-likeness (QED) is 0.771. The van der Waals surface area contributed by atoms with Crippen molar-refractivity contribution in [3.63, 3.8) is 0 Å². The van der Waals surface area contributed by atoms with Crippen molar-refractivity contribution in [2.75, 3.05) is 6.61 Å². The second kappa shape index (κ2) is 7.24. The number of imide groups is 1. The van der Waals surface area contributed by atoms with Gasteiger partial charge in [-0.25, -0.2) is 0 Å². The van der Waals surface area contributed by atoms with Gasteiger partial charge in [-0.05, 0) is 73.4 Å². The van der Waals surface area contributed by atoms with Gasteiger partial charge in [-0.1, -0.05) is 26.2 Å². The molecule has 0 unspecified atom stereocenters. The molecule has 134 valence electrons. The van der Waals surface area contributed by atoms with E-state index in [2.05, 4.69) is 12.2 Å². The average molecular weight is 359 g/mol. The minimum absolute atomic E-state index is 0.275. The number of carbonyl (C=O) groups excluding carboxylic acids is 2. The van der Waals surface area contributed by atoms with Gasteiger partial charge in [0.05, 0.1) is 11.5 Å². The Morgan fingerprint density at radius 3 is 2.36 bits per heavy atom. The first-order valence-electron chi connectivity index (χ1n) is 8.85. The van der Waals surface area contributed by atoms with Crippen molar-refractivity contribution in [2.24, 2.45) is 5.41 Å². The molecule has 2 amide bonds. The van der Waals surface area contributed by atoms with E-state index in [4.69, 9.17) is 4.74 Å². The van der Waals surface area contributed by atoms with E-state index in [0.29, 0.717) is 4.91 Å². The van der Waals surface area contributed by atoms with E-state index >= 15 is 0 Å². The highest BCUT2D eigenvalue weighted by atomic mass is 32.2. The normalized spacial score (nSPS) is 21.5. The van der Waals surface area contributed by atoms with Gasteiger partial charge in [0.1, 0.15) is 5.75 Å². The van der Waals surface area contributed by atoms with Crippen LogP contribution in [0.4, 0.5) is 4.79 Å². The van der Waals surface area contributed by atoms with Crippen molar-refractivity contribution in [3.05, 3.63) is 33.7 Å². The van der Waals surface area contributed by atoms with Gasteiger partial charge in [-0.3, -0.25) is 14.9 Å². The van der Waals surface area contributed by atoms with Gasteiger partial charge >= 0.3 is 0 Å². The Labute approximate surface area is 153 Å². The fourth-order valence-corrected chi connectivity index (χ4v) is 4.35. The van der Waals surface area contributed by atoms with Crippen LogP contribution in [0, 0.1) is 19.3 Å². The summed E-state index contributed by atoms with van der Waals surface area (Å²) in [5, 5.41) is 1.97. The molecule has 1 aromatic rings. The molecular formula is C20H25NO3S. The number of aryl methyl sites for hydroxylation is 2. The minimum atomic E-state index is -0.323. The van der Waals surface area contributed by atoms with Gasteiger partial charge in [0.25, 0.3) is 11.1 Å². The molecule has 0 aromatic heterocycles. The summed E-state index contributed by atoms with van der Waals surface area (Å²) >= 11 is 0.943. The number of hydrogen-bond acceptors (Lipinski definition) is 4. The maximum atomic E-state index is 11.7. The molecular weight excluding hydrogens is 334 g/mol. The smallest absolute Gasteiger partial charge is 0.290 e. The fourth-order valence-electron chi connectivity index (χ4n) is 3.66. The number of thioether (sulfide) groups is 1. The molecule has 1 aliphatic heterocycles. The first kappa shape index (κ1) is 18.1. The van der Waals surface area contributed by atoms with E-state index in [0.717, 1.165) is 40.8 Å². The summed E-state index contributed by atoms with van der Waals surface area (Å²) in [5.41, 5.74) is 3.30. The van der Waals surface area contributed by atoms with E-state index in [1.165, 1.54) is 32.1 Å². The highest BCUT2D eigenvalue weighted by Gasteiger charge is 2.28. The van der Waals surface area contributed by atoms with Crippen molar-refractivity contribution in [2.45, 2.75) is 52.9 Å². The fraction of sp³-hybridized carbons (Fsp3) is 0.500. The summed E-state index contributed by atoms with van der Waals surface area (Å²) in [5.74, 6) is 0.615. The molecule has 1 saturated carbocycles. The summed E-state index contributed by atoms with van der Waals surface area (Å²) in [6.07, 6.45) is 8.15. The molecule has 1 heterocycles. The van der Waals surface area contributed by atoms with Crippen LogP contribution in [0.2, 0.25) is 0 Å². The number of ether oxygens (including phenoxy) is 1. The average Bonchev–Trinajstić information content (AvgIpc) is 2.84. The topological polar surface area (TPSA) is 55.4 Å². The van der Waals surface area contributed by atoms with Crippen LogP contribution in [-0.4, -0.2) is 17.8 Å². The molecule has 1 N–H and O–H groups in total. The Kier molecular flexibility index (Phi) is 5.23. The molecule has 0 atom stereocenters. The Morgan fingerprint density at radius 2 is 1.80 bits per heavy atom. The second-order valence-corrected chi connectivity index (χ2v) is 8.51. The summed E-state index contributed by atoms with van der Waals surface area (Å²) in [7, 11) is 0. The predicted molar refractivity (Wildman–Crippen MR) is 102 cm³/mol. The van der Waals surface area contributed by atoms with E-state index in [1.54, 1.807) is 6.08 Å². The highest BCUT2D eigenvalue weighted by molar-refractivity contribution is 8.18. The lowest BCUT2D eigenvalue weighted by molar-refractivity contribution is -0.115. The van der Waals surface area contributed by atoms with Gasteiger partial charge in [-0.2, -0.15) is 0 Å². The molecule has 1 aromatic carbocycles. The monoisotopic (exact) mass is 359 g/mol. The van der Waals surface area contributed by atoms with Crippen molar-refractivity contribution < 1.29 is 14.3 Å². The largest absolute Gasteiger partial charge is 0.492 e. The Hall–Kier alpha value is -1.75. The van der Waals surface area contributed by atoms with Crippen LogP contribution in [0.5, 0.6) is 5.75 Å². The van der Waals surface area contributed by atoms with Crippen molar-refractivity contribution in [1.82, 2.24) is 5.32 Å². The van der Waals surface area contributed by atoms with Crippen LogP contribution in [0.1, 0.15) is 55.7 Å². The molecule has 0 spiro atoms. The third kappa shape index (κ3) is 4.27. The molecule has 0 radical (unpaired) electrons. The first-order valence-corrected chi connectivity index (χ1v) is 9.67. The van der Waals surface area contributed by atoms with Crippen molar-refractivity contribution in [3.8, 4) is 5.75 Å². The van der Waals surface area contributed by atoms with Crippen LogP contribution >= 0.6 is 11.8 Å². The lowest BCUT2D eigenvalue weighted by Gasteiger charge is -2.33. The second-order valence-electron chi connectivity index (χ2n) is 7.50. The van der Waals surface area contributed by atoms with Crippen LogP contribution in [0.15, 0.2) is 17.0 Å². The molecule has 2 fully saturated rings. The number of hydrogen-bond donors (Lipinski definition) is 1. The van der Waals surface area contributed by atoms with Gasteiger partial charge in [0, 0.05) is 5.41 Å². The highest BCUT2D eigenvalue weighted by Crippen LogP contribution is 2.37. The summed E-state index contributed by atoms with van der Waals surface area (Å²) in [6.45, 7) is 7.13. The summed E-state index contributed by atoms with van der Waals surface area (Å²) in [6, 6.07) is 4.02. The SMILES string of the molecule is Cc1cc(/C=C2\SC(=O)NC2=O)cc(C)c1OCC1(C)CCCCC1. The van der Waals surface area contributed by atoms with Crippen molar-refractivity contribution >= 4 is 29.0 Å². The Bertz CT molecular complexity index is 709. The maximum Gasteiger partial charge on any atom is 0.290 e. The van der Waals surface area contributed by atoms with Crippen LogP contribution in [-0.2, 0) is 4.79 Å². The van der Waals surface area contributed by atoms with Gasteiger partial charge < -0.3 is 4.74 Å². The zero-order valence-electron chi connectivity index (χ0n) is 15.1. The third-order valence-electron chi connectivity index (χ3n) is 5.05. The zero-order valence-corrected chi connectivity index (χ0v) is 15.9. The molecule has 25 heavy (non-hydrogen) atoms. The van der Waals surface area contributed by atoms with Crippen LogP contribution < -0.4 is 10.1 Å². The number of rotatable bonds is 4. The number of nitrogens with one attached hydrogen (secondary N) is 1. The molecule has 1 saturated heterocycles. The van der Waals surface area contributed by atoms with E-state index in [9.17, 15) is 9.59 Å².